The molecule has 3 nitrogen and oxygen atoms in total. The SMILES string of the molecule is CCOC(=O)C1CC2CCCC2N1. The lowest BCUT2D eigenvalue weighted by Gasteiger charge is -2.11. The van der Waals surface area contributed by atoms with E-state index in [0.29, 0.717) is 12.6 Å². The fraction of sp³-hybridized carbons (Fsp3) is 0.900. The molecule has 1 aliphatic heterocycles. The van der Waals surface area contributed by atoms with Crippen molar-refractivity contribution in [3.63, 3.8) is 0 Å². The quantitative estimate of drug-likeness (QED) is 0.651. The van der Waals surface area contributed by atoms with E-state index in [4.69, 9.17) is 4.74 Å². The Bertz CT molecular complexity index is 193. The minimum absolute atomic E-state index is 0.0183. The first-order valence-electron chi connectivity index (χ1n) is 5.24. The van der Waals surface area contributed by atoms with Crippen LogP contribution in [0.5, 0.6) is 0 Å². The summed E-state index contributed by atoms with van der Waals surface area (Å²) in [5, 5.41) is 3.36. The van der Waals surface area contributed by atoms with Crippen LogP contribution >= 0.6 is 0 Å². The molecule has 3 unspecified atom stereocenters. The van der Waals surface area contributed by atoms with Crippen molar-refractivity contribution >= 4 is 5.97 Å². The molecule has 1 N–H and O–H groups in total. The summed E-state index contributed by atoms with van der Waals surface area (Å²) >= 11 is 0. The normalized spacial score (nSPS) is 37.5. The molecule has 2 aliphatic rings. The Balaban J connectivity index is 1.87. The molecule has 13 heavy (non-hydrogen) atoms. The average Bonchev–Trinajstić information content (AvgIpc) is 2.61. The molecule has 0 bridgehead atoms. The van der Waals surface area contributed by atoms with Crippen molar-refractivity contribution in [1.82, 2.24) is 5.32 Å². The maximum absolute atomic E-state index is 11.4. The summed E-state index contributed by atoms with van der Waals surface area (Å²) in [5.74, 6) is 0.673. The molecule has 2 rings (SSSR count). The Morgan fingerprint density at radius 3 is 3.08 bits per heavy atom. The number of ether oxygens (including phenoxy) is 1. The van der Waals surface area contributed by atoms with Gasteiger partial charge in [-0.3, -0.25) is 4.79 Å². The number of nitrogens with one attached hydrogen (secondary N) is 1. The summed E-state index contributed by atoms with van der Waals surface area (Å²) in [4.78, 5) is 11.4. The van der Waals surface area contributed by atoms with E-state index < -0.39 is 0 Å². The van der Waals surface area contributed by atoms with Crippen molar-refractivity contribution in [2.24, 2.45) is 5.92 Å². The van der Waals surface area contributed by atoms with Crippen molar-refractivity contribution in [3.8, 4) is 0 Å². The predicted octanol–water partition coefficient (Wildman–Crippen LogP) is 1.08. The molecule has 0 amide bonds. The van der Waals surface area contributed by atoms with E-state index in [-0.39, 0.29) is 12.0 Å². The van der Waals surface area contributed by atoms with Gasteiger partial charge >= 0.3 is 5.97 Å². The topological polar surface area (TPSA) is 38.3 Å². The molecular weight excluding hydrogens is 166 g/mol. The van der Waals surface area contributed by atoms with Gasteiger partial charge in [-0.2, -0.15) is 0 Å². The highest BCUT2D eigenvalue weighted by Gasteiger charge is 2.40. The van der Waals surface area contributed by atoms with Crippen molar-refractivity contribution in [1.29, 1.82) is 0 Å². The number of hydrogen-bond acceptors (Lipinski definition) is 3. The number of rotatable bonds is 2. The molecule has 1 saturated heterocycles. The second-order valence-corrected chi connectivity index (χ2v) is 4.00. The molecule has 3 atom stereocenters. The fourth-order valence-corrected chi connectivity index (χ4v) is 2.57. The Kier molecular flexibility index (Phi) is 2.54. The summed E-state index contributed by atoms with van der Waals surface area (Å²) in [6, 6.07) is 0.574. The van der Waals surface area contributed by atoms with Gasteiger partial charge in [-0.15, -0.1) is 0 Å². The van der Waals surface area contributed by atoms with E-state index in [1.807, 2.05) is 6.92 Å². The second-order valence-electron chi connectivity index (χ2n) is 4.00. The summed E-state index contributed by atoms with van der Waals surface area (Å²) < 4.78 is 4.99. The van der Waals surface area contributed by atoms with Gasteiger partial charge in [0.25, 0.3) is 0 Å². The van der Waals surface area contributed by atoms with E-state index in [1.54, 1.807) is 0 Å². The van der Waals surface area contributed by atoms with Gasteiger partial charge in [0.2, 0.25) is 0 Å². The van der Waals surface area contributed by atoms with Gasteiger partial charge in [0.15, 0.2) is 0 Å². The molecule has 2 fully saturated rings. The Labute approximate surface area is 78.8 Å². The van der Waals surface area contributed by atoms with Gasteiger partial charge in [0.1, 0.15) is 6.04 Å². The molecule has 0 radical (unpaired) electrons. The van der Waals surface area contributed by atoms with Gasteiger partial charge in [0.05, 0.1) is 6.61 Å². The van der Waals surface area contributed by atoms with Gasteiger partial charge in [0, 0.05) is 6.04 Å². The van der Waals surface area contributed by atoms with E-state index in [2.05, 4.69) is 5.32 Å². The average molecular weight is 183 g/mol. The van der Waals surface area contributed by atoms with E-state index in [0.717, 1.165) is 12.3 Å². The Hall–Kier alpha value is -0.570. The third-order valence-electron chi connectivity index (χ3n) is 3.18. The Morgan fingerprint density at radius 1 is 1.54 bits per heavy atom. The van der Waals surface area contributed by atoms with Gasteiger partial charge in [-0.25, -0.2) is 0 Å². The number of fused-ring (bicyclic) bond motifs is 1. The molecule has 1 aliphatic carbocycles. The maximum Gasteiger partial charge on any atom is 0.323 e. The first-order chi connectivity index (χ1) is 6.31. The number of carbonyl (C=O) groups is 1. The lowest BCUT2D eigenvalue weighted by molar-refractivity contribution is -0.145. The van der Waals surface area contributed by atoms with Gasteiger partial charge < -0.3 is 10.1 Å². The highest BCUT2D eigenvalue weighted by atomic mass is 16.5. The molecule has 1 saturated carbocycles. The highest BCUT2D eigenvalue weighted by molar-refractivity contribution is 5.76. The maximum atomic E-state index is 11.4. The van der Waals surface area contributed by atoms with Crippen molar-refractivity contribution < 1.29 is 9.53 Å². The van der Waals surface area contributed by atoms with Crippen LogP contribution in [0.3, 0.4) is 0 Å². The zero-order valence-corrected chi connectivity index (χ0v) is 8.08. The molecule has 0 aromatic rings. The Morgan fingerprint density at radius 2 is 2.38 bits per heavy atom. The monoisotopic (exact) mass is 183 g/mol. The molecule has 0 spiro atoms. The van der Waals surface area contributed by atoms with Crippen LogP contribution in [-0.2, 0) is 9.53 Å². The molecular formula is C10H17NO2. The first-order valence-corrected chi connectivity index (χ1v) is 5.24. The zero-order chi connectivity index (χ0) is 9.26. The zero-order valence-electron chi connectivity index (χ0n) is 8.08. The van der Waals surface area contributed by atoms with Crippen LogP contribution in [0, 0.1) is 5.92 Å². The molecule has 3 heteroatoms. The molecule has 0 aromatic carbocycles. The van der Waals surface area contributed by atoms with E-state index in [1.165, 1.54) is 19.3 Å². The number of carbonyl (C=O) groups excluding carboxylic acids is 1. The third-order valence-corrected chi connectivity index (χ3v) is 3.18. The lowest BCUT2D eigenvalue weighted by Crippen LogP contribution is -2.36. The molecule has 1 heterocycles. The smallest absolute Gasteiger partial charge is 0.323 e. The highest BCUT2D eigenvalue weighted by Crippen LogP contribution is 2.34. The van der Waals surface area contributed by atoms with Crippen LogP contribution in [0.25, 0.3) is 0 Å². The minimum atomic E-state index is -0.0584. The summed E-state index contributed by atoms with van der Waals surface area (Å²) in [5.41, 5.74) is 0. The van der Waals surface area contributed by atoms with Crippen LogP contribution in [0.1, 0.15) is 32.6 Å². The third kappa shape index (κ3) is 1.70. The van der Waals surface area contributed by atoms with E-state index in [9.17, 15) is 4.79 Å². The minimum Gasteiger partial charge on any atom is -0.465 e. The van der Waals surface area contributed by atoms with Crippen LogP contribution in [-0.4, -0.2) is 24.7 Å². The number of hydrogen-bond donors (Lipinski definition) is 1. The largest absolute Gasteiger partial charge is 0.465 e. The molecule has 0 aromatic heterocycles. The number of esters is 1. The van der Waals surface area contributed by atoms with Crippen LogP contribution in [0.4, 0.5) is 0 Å². The summed E-state index contributed by atoms with van der Waals surface area (Å²) in [7, 11) is 0. The van der Waals surface area contributed by atoms with Crippen molar-refractivity contribution in [2.45, 2.75) is 44.7 Å². The van der Waals surface area contributed by atoms with Crippen LogP contribution in [0.15, 0.2) is 0 Å². The van der Waals surface area contributed by atoms with Gasteiger partial charge in [-0.1, -0.05) is 6.42 Å². The van der Waals surface area contributed by atoms with Crippen molar-refractivity contribution in [3.05, 3.63) is 0 Å². The fourth-order valence-electron chi connectivity index (χ4n) is 2.57. The van der Waals surface area contributed by atoms with Gasteiger partial charge in [-0.05, 0) is 32.1 Å². The lowest BCUT2D eigenvalue weighted by atomic mass is 10.0. The van der Waals surface area contributed by atoms with E-state index >= 15 is 0 Å². The summed E-state index contributed by atoms with van der Waals surface area (Å²) in [6.45, 7) is 2.35. The van der Waals surface area contributed by atoms with Crippen LogP contribution < -0.4 is 5.32 Å². The standard InChI is InChI=1S/C10H17NO2/c1-2-13-10(12)9-6-7-4-3-5-8(7)11-9/h7-9,11H,2-6H2,1H3. The van der Waals surface area contributed by atoms with Crippen LogP contribution in [0.2, 0.25) is 0 Å². The molecule has 74 valence electrons. The predicted molar refractivity (Wildman–Crippen MR) is 49.3 cm³/mol. The first kappa shape index (κ1) is 9.00. The summed E-state index contributed by atoms with van der Waals surface area (Å²) in [6.07, 6.45) is 4.83. The van der Waals surface area contributed by atoms with Crippen molar-refractivity contribution in [2.75, 3.05) is 6.61 Å². The second kappa shape index (κ2) is 3.66.